The van der Waals surface area contributed by atoms with Gasteiger partial charge in [-0.15, -0.1) is 24.8 Å². The molecule has 0 aromatic heterocycles. The van der Waals surface area contributed by atoms with Crippen LogP contribution in [0.3, 0.4) is 0 Å². The summed E-state index contributed by atoms with van der Waals surface area (Å²) in [5.74, 6) is -0.828. The first-order valence-electron chi connectivity index (χ1n) is 3.84. The number of carboxylic acid groups (broad SMARTS) is 1. The Kier molecular flexibility index (Phi) is 17.2. The zero-order chi connectivity index (χ0) is 8.69. The maximum absolute atomic E-state index is 10.1. The predicted molar refractivity (Wildman–Crippen MR) is 57.6 cm³/mol. The van der Waals surface area contributed by atoms with Gasteiger partial charge in [0.2, 0.25) is 0 Å². The fourth-order valence-electron chi connectivity index (χ4n) is 0.877. The van der Waals surface area contributed by atoms with Crippen LogP contribution in [0, 0.1) is 0 Å². The molecule has 0 radical (unpaired) electrons. The van der Waals surface area contributed by atoms with E-state index >= 15 is 0 Å². The van der Waals surface area contributed by atoms with Gasteiger partial charge >= 0.3 is 5.97 Å². The van der Waals surface area contributed by atoms with Gasteiger partial charge in [0, 0.05) is 6.04 Å². The van der Waals surface area contributed by atoms with E-state index in [1.165, 1.54) is 0 Å². The zero-order valence-corrected chi connectivity index (χ0v) is 9.07. The van der Waals surface area contributed by atoms with E-state index < -0.39 is 5.97 Å². The molecule has 0 unspecified atom stereocenters. The van der Waals surface area contributed by atoms with Crippen LogP contribution in [0.4, 0.5) is 0 Å². The Labute approximate surface area is 90.9 Å². The summed E-state index contributed by atoms with van der Waals surface area (Å²) in [6.45, 7) is 0.653. The monoisotopic (exact) mass is 232 g/mol. The molecule has 6 heteroatoms. The summed E-state index contributed by atoms with van der Waals surface area (Å²) in [5, 5.41) is 8.34. The molecule has 0 amide bonds. The van der Waals surface area contributed by atoms with Crippen LogP contribution in [-0.2, 0) is 4.79 Å². The molecule has 0 saturated heterocycles. The molecule has 0 aliphatic heterocycles. The largest absolute Gasteiger partial charge is 0.481 e. The lowest BCUT2D eigenvalue weighted by Gasteiger charge is -2.06. The Hall–Kier alpha value is -0.0300. The van der Waals surface area contributed by atoms with Crippen LogP contribution >= 0.6 is 24.8 Å². The molecule has 0 aliphatic carbocycles. The fraction of sp³-hybridized carbons (Fsp3) is 0.857. The van der Waals surface area contributed by atoms with Crippen LogP contribution in [0.1, 0.15) is 25.7 Å². The summed E-state index contributed by atoms with van der Waals surface area (Å²) in [7, 11) is 0. The maximum Gasteiger partial charge on any atom is 0.304 e. The van der Waals surface area contributed by atoms with Crippen molar-refractivity contribution in [3.63, 3.8) is 0 Å². The summed E-state index contributed by atoms with van der Waals surface area (Å²) in [5.41, 5.74) is 10.8. The highest BCUT2D eigenvalue weighted by molar-refractivity contribution is 5.85. The van der Waals surface area contributed by atoms with Crippen molar-refractivity contribution in [3.05, 3.63) is 0 Å². The van der Waals surface area contributed by atoms with Gasteiger partial charge in [0.1, 0.15) is 0 Å². The van der Waals surface area contributed by atoms with E-state index in [0.717, 1.165) is 19.3 Å². The van der Waals surface area contributed by atoms with Gasteiger partial charge in [-0.3, -0.25) is 4.79 Å². The molecule has 82 valence electrons. The quantitative estimate of drug-likeness (QED) is 0.591. The smallest absolute Gasteiger partial charge is 0.304 e. The van der Waals surface area contributed by atoms with Gasteiger partial charge in [0.05, 0.1) is 6.42 Å². The molecule has 5 N–H and O–H groups in total. The third-order valence-corrected chi connectivity index (χ3v) is 1.47. The average Bonchev–Trinajstić information content (AvgIpc) is 1.86. The Morgan fingerprint density at radius 1 is 1.31 bits per heavy atom. The van der Waals surface area contributed by atoms with E-state index in [0.29, 0.717) is 6.54 Å². The van der Waals surface area contributed by atoms with Crippen LogP contribution in [0.25, 0.3) is 0 Å². The number of carbonyl (C=O) groups is 1. The Balaban J connectivity index is -0.000000500. The minimum absolute atomic E-state index is 0. The van der Waals surface area contributed by atoms with Crippen LogP contribution in [0.5, 0.6) is 0 Å². The molecule has 0 fully saturated rings. The number of carboxylic acids is 1. The van der Waals surface area contributed by atoms with Crippen molar-refractivity contribution in [1.82, 2.24) is 0 Å². The minimum Gasteiger partial charge on any atom is -0.481 e. The predicted octanol–water partition coefficient (Wildman–Crippen LogP) is 0.761. The first-order valence-corrected chi connectivity index (χ1v) is 3.84. The highest BCUT2D eigenvalue weighted by Crippen LogP contribution is 2.00. The Bertz CT molecular complexity index is 125. The van der Waals surface area contributed by atoms with E-state index in [2.05, 4.69) is 0 Å². The van der Waals surface area contributed by atoms with Gasteiger partial charge in [-0.2, -0.15) is 0 Å². The lowest BCUT2D eigenvalue weighted by Crippen LogP contribution is -2.23. The summed E-state index contributed by atoms with van der Waals surface area (Å²) in [6.07, 6.45) is 2.66. The molecule has 0 spiro atoms. The van der Waals surface area contributed by atoms with E-state index in [4.69, 9.17) is 16.6 Å². The van der Waals surface area contributed by atoms with Gasteiger partial charge < -0.3 is 16.6 Å². The number of hydrogen-bond donors (Lipinski definition) is 3. The van der Waals surface area contributed by atoms with E-state index in [9.17, 15) is 4.79 Å². The molecule has 13 heavy (non-hydrogen) atoms. The molecule has 0 saturated carbocycles. The highest BCUT2D eigenvalue weighted by Gasteiger charge is 2.06. The van der Waals surface area contributed by atoms with Crippen LogP contribution in [-0.4, -0.2) is 23.7 Å². The number of hydrogen-bond acceptors (Lipinski definition) is 3. The fourth-order valence-corrected chi connectivity index (χ4v) is 0.877. The molecule has 1 atom stereocenters. The molecule has 4 nitrogen and oxygen atoms in total. The number of unbranched alkanes of at least 4 members (excludes halogenated alkanes) is 1. The van der Waals surface area contributed by atoms with Crippen LogP contribution < -0.4 is 11.5 Å². The van der Waals surface area contributed by atoms with Gasteiger partial charge in [-0.25, -0.2) is 0 Å². The second-order valence-corrected chi connectivity index (χ2v) is 2.64. The standard InChI is InChI=1S/C7H16N2O2.2ClH/c8-4-2-1-3-6(9)5-7(10)11;;/h6H,1-5,8-9H2,(H,10,11);2*1H/t6-;;/m0../s1. The van der Waals surface area contributed by atoms with E-state index in [1.54, 1.807) is 0 Å². The third kappa shape index (κ3) is 14.8. The summed E-state index contributed by atoms with van der Waals surface area (Å²) >= 11 is 0. The van der Waals surface area contributed by atoms with Gasteiger partial charge in [0.25, 0.3) is 0 Å². The topological polar surface area (TPSA) is 89.3 Å². The molecular formula is C7H18Cl2N2O2. The number of aliphatic carboxylic acids is 1. The van der Waals surface area contributed by atoms with Crippen molar-refractivity contribution in [3.8, 4) is 0 Å². The molecule has 0 rings (SSSR count). The molecule has 0 bridgehead atoms. The molecule has 0 heterocycles. The Morgan fingerprint density at radius 2 is 1.85 bits per heavy atom. The highest BCUT2D eigenvalue weighted by atomic mass is 35.5. The molecule has 0 aliphatic rings. The van der Waals surface area contributed by atoms with Crippen molar-refractivity contribution in [2.75, 3.05) is 6.54 Å². The number of rotatable bonds is 6. The van der Waals surface area contributed by atoms with Crippen molar-refractivity contribution < 1.29 is 9.90 Å². The zero-order valence-electron chi connectivity index (χ0n) is 7.44. The molecule has 0 aromatic carbocycles. The maximum atomic E-state index is 10.1. The molecule has 0 aromatic rings. The van der Waals surface area contributed by atoms with Gasteiger partial charge in [0.15, 0.2) is 0 Å². The van der Waals surface area contributed by atoms with Crippen molar-refractivity contribution in [1.29, 1.82) is 0 Å². The number of halogens is 2. The van der Waals surface area contributed by atoms with Gasteiger partial charge in [-0.1, -0.05) is 6.42 Å². The second-order valence-electron chi connectivity index (χ2n) is 2.64. The Morgan fingerprint density at radius 3 is 2.23 bits per heavy atom. The van der Waals surface area contributed by atoms with Crippen molar-refractivity contribution in [2.45, 2.75) is 31.7 Å². The van der Waals surface area contributed by atoms with Gasteiger partial charge in [-0.05, 0) is 19.4 Å². The normalized spacial score (nSPS) is 10.9. The van der Waals surface area contributed by atoms with E-state index in [1.807, 2.05) is 0 Å². The summed E-state index contributed by atoms with van der Waals surface area (Å²) in [4.78, 5) is 10.1. The third-order valence-electron chi connectivity index (χ3n) is 1.47. The van der Waals surface area contributed by atoms with Crippen molar-refractivity contribution >= 4 is 30.8 Å². The first kappa shape index (κ1) is 18.7. The minimum atomic E-state index is -0.828. The number of nitrogens with two attached hydrogens (primary N) is 2. The van der Waals surface area contributed by atoms with E-state index in [-0.39, 0.29) is 37.3 Å². The van der Waals surface area contributed by atoms with Crippen LogP contribution in [0.2, 0.25) is 0 Å². The van der Waals surface area contributed by atoms with Crippen LogP contribution in [0.15, 0.2) is 0 Å². The lowest BCUT2D eigenvalue weighted by atomic mass is 10.1. The summed E-state index contributed by atoms with van der Waals surface area (Å²) < 4.78 is 0. The second kappa shape index (κ2) is 12.0. The molecular weight excluding hydrogens is 215 g/mol. The van der Waals surface area contributed by atoms with Crippen molar-refractivity contribution in [2.24, 2.45) is 11.5 Å². The lowest BCUT2D eigenvalue weighted by molar-refractivity contribution is -0.137. The summed E-state index contributed by atoms with van der Waals surface area (Å²) in [6, 6.07) is -0.209. The first-order chi connectivity index (χ1) is 5.16. The average molecular weight is 233 g/mol. The SMILES string of the molecule is Cl.Cl.NCCCC[C@H](N)CC(=O)O.